The standard InChI is InChI=1S/C17H14Cl3N7OS/c18-11-5-6-13(20)14(7-11)23-15(28)9-29-17-26-25-16(27(17)21)24-22-8-10-3-1-2-4-12(10)19/h1-8H,9,21H2,(H,23,28)(H,24,25)/b22-8+. The molecule has 3 rings (SSSR count). The second-order valence-corrected chi connectivity index (χ2v) is 7.72. The van der Waals surface area contributed by atoms with E-state index in [4.69, 9.17) is 40.6 Å². The van der Waals surface area contributed by atoms with Gasteiger partial charge in [0.15, 0.2) is 0 Å². The monoisotopic (exact) mass is 469 g/mol. The zero-order chi connectivity index (χ0) is 20.8. The predicted octanol–water partition coefficient (Wildman–Crippen LogP) is 4.13. The van der Waals surface area contributed by atoms with Gasteiger partial charge in [0.1, 0.15) is 0 Å². The van der Waals surface area contributed by atoms with Crippen LogP contribution in [0.15, 0.2) is 52.7 Å². The van der Waals surface area contributed by atoms with Crippen molar-refractivity contribution in [3.05, 3.63) is 63.1 Å². The summed E-state index contributed by atoms with van der Waals surface area (Å²) in [6.07, 6.45) is 1.53. The van der Waals surface area contributed by atoms with Gasteiger partial charge in [0, 0.05) is 15.6 Å². The molecular weight excluding hydrogens is 457 g/mol. The van der Waals surface area contributed by atoms with Crippen LogP contribution in [0.2, 0.25) is 15.1 Å². The van der Waals surface area contributed by atoms with E-state index in [2.05, 4.69) is 26.0 Å². The molecule has 12 heteroatoms. The average Bonchev–Trinajstić information content (AvgIpc) is 3.04. The number of halogens is 3. The molecule has 0 spiro atoms. The molecule has 0 atom stereocenters. The first kappa shape index (κ1) is 21.3. The lowest BCUT2D eigenvalue weighted by Gasteiger charge is -2.07. The van der Waals surface area contributed by atoms with Gasteiger partial charge < -0.3 is 11.2 Å². The van der Waals surface area contributed by atoms with Crippen LogP contribution >= 0.6 is 46.6 Å². The number of hydrogen-bond donors (Lipinski definition) is 3. The van der Waals surface area contributed by atoms with Crippen LogP contribution in [-0.2, 0) is 4.79 Å². The Bertz CT molecular complexity index is 1060. The van der Waals surface area contributed by atoms with Gasteiger partial charge >= 0.3 is 0 Å². The summed E-state index contributed by atoms with van der Waals surface area (Å²) in [6.45, 7) is 0. The number of carbonyl (C=O) groups excluding carboxylic acids is 1. The van der Waals surface area contributed by atoms with Crippen LogP contribution in [0.4, 0.5) is 11.6 Å². The molecule has 0 bridgehead atoms. The summed E-state index contributed by atoms with van der Waals surface area (Å²) in [5.41, 5.74) is 3.84. The molecule has 29 heavy (non-hydrogen) atoms. The van der Waals surface area contributed by atoms with Gasteiger partial charge in [-0.2, -0.15) is 5.10 Å². The van der Waals surface area contributed by atoms with Crippen LogP contribution in [0.25, 0.3) is 0 Å². The van der Waals surface area contributed by atoms with E-state index in [1.54, 1.807) is 24.3 Å². The highest BCUT2D eigenvalue weighted by Crippen LogP contribution is 2.26. The van der Waals surface area contributed by atoms with Crippen LogP contribution in [0.3, 0.4) is 0 Å². The summed E-state index contributed by atoms with van der Waals surface area (Å²) in [6, 6.07) is 12.0. The average molecular weight is 471 g/mol. The van der Waals surface area contributed by atoms with E-state index in [0.717, 1.165) is 17.3 Å². The van der Waals surface area contributed by atoms with Gasteiger partial charge in [0.05, 0.1) is 22.7 Å². The number of carbonyl (C=O) groups is 1. The van der Waals surface area contributed by atoms with Crippen LogP contribution in [0.5, 0.6) is 0 Å². The largest absolute Gasteiger partial charge is 0.334 e. The number of hydrazone groups is 1. The van der Waals surface area contributed by atoms with Crippen molar-refractivity contribution >= 4 is 70.3 Å². The van der Waals surface area contributed by atoms with Gasteiger partial charge in [0.2, 0.25) is 11.1 Å². The van der Waals surface area contributed by atoms with E-state index in [-0.39, 0.29) is 17.6 Å². The van der Waals surface area contributed by atoms with E-state index >= 15 is 0 Å². The highest BCUT2D eigenvalue weighted by atomic mass is 35.5. The lowest BCUT2D eigenvalue weighted by atomic mass is 10.2. The van der Waals surface area contributed by atoms with Crippen molar-refractivity contribution in [3.8, 4) is 0 Å². The topological polar surface area (TPSA) is 110 Å². The van der Waals surface area contributed by atoms with Crippen LogP contribution in [0.1, 0.15) is 5.56 Å². The Hall–Kier alpha value is -2.46. The Balaban J connectivity index is 1.56. The van der Waals surface area contributed by atoms with E-state index in [9.17, 15) is 4.79 Å². The number of nitrogens with two attached hydrogens (primary N) is 1. The van der Waals surface area contributed by atoms with Gasteiger partial charge in [-0.3, -0.25) is 4.79 Å². The first-order valence-electron chi connectivity index (χ1n) is 8.06. The normalized spacial score (nSPS) is 11.0. The predicted molar refractivity (Wildman–Crippen MR) is 119 cm³/mol. The van der Waals surface area contributed by atoms with Crippen molar-refractivity contribution in [2.45, 2.75) is 5.16 Å². The molecule has 0 radical (unpaired) electrons. The Kier molecular flexibility index (Phi) is 7.21. The minimum atomic E-state index is -0.298. The Morgan fingerprint density at radius 1 is 1.17 bits per heavy atom. The second kappa shape index (κ2) is 9.84. The maximum absolute atomic E-state index is 12.1. The number of nitrogens with zero attached hydrogens (tertiary/aromatic N) is 4. The van der Waals surface area contributed by atoms with Gasteiger partial charge in [-0.1, -0.05) is 64.8 Å². The van der Waals surface area contributed by atoms with E-state index in [1.807, 2.05) is 18.2 Å². The van der Waals surface area contributed by atoms with Crippen molar-refractivity contribution in [2.24, 2.45) is 5.10 Å². The fourth-order valence-corrected chi connectivity index (χ4v) is 3.28. The molecule has 0 aliphatic rings. The summed E-state index contributed by atoms with van der Waals surface area (Å²) in [4.78, 5) is 12.1. The molecule has 0 saturated carbocycles. The summed E-state index contributed by atoms with van der Waals surface area (Å²) < 4.78 is 1.19. The van der Waals surface area contributed by atoms with Crippen LogP contribution in [-0.4, -0.2) is 32.7 Å². The van der Waals surface area contributed by atoms with Gasteiger partial charge in [-0.15, -0.1) is 10.2 Å². The van der Waals surface area contributed by atoms with E-state index in [0.29, 0.717) is 25.9 Å². The first-order chi connectivity index (χ1) is 13.9. The van der Waals surface area contributed by atoms with Gasteiger partial charge in [-0.05, 0) is 24.3 Å². The quantitative estimate of drug-likeness (QED) is 0.207. The third-order valence-electron chi connectivity index (χ3n) is 3.47. The number of nitrogens with one attached hydrogen (secondary N) is 2. The summed E-state index contributed by atoms with van der Waals surface area (Å²) in [5, 5.41) is 16.3. The van der Waals surface area contributed by atoms with E-state index < -0.39 is 0 Å². The fraction of sp³-hybridized carbons (Fsp3) is 0.0588. The molecule has 3 aromatic rings. The third kappa shape index (κ3) is 5.77. The number of benzene rings is 2. The van der Waals surface area contributed by atoms with Gasteiger partial charge in [-0.25, -0.2) is 10.1 Å². The maximum Gasteiger partial charge on any atom is 0.264 e. The molecule has 4 N–H and O–H groups in total. The zero-order valence-electron chi connectivity index (χ0n) is 14.6. The molecule has 8 nitrogen and oxygen atoms in total. The van der Waals surface area contributed by atoms with Crippen LogP contribution in [0, 0.1) is 0 Å². The van der Waals surface area contributed by atoms with Crippen molar-refractivity contribution in [1.82, 2.24) is 14.9 Å². The Morgan fingerprint density at radius 2 is 1.97 bits per heavy atom. The molecule has 0 fully saturated rings. The number of hydrogen-bond acceptors (Lipinski definition) is 7. The molecule has 0 aliphatic carbocycles. The van der Waals surface area contributed by atoms with Crippen molar-refractivity contribution in [3.63, 3.8) is 0 Å². The molecule has 0 aliphatic heterocycles. The summed E-state index contributed by atoms with van der Waals surface area (Å²) in [7, 11) is 0. The highest BCUT2D eigenvalue weighted by Gasteiger charge is 2.13. The Labute approximate surface area is 185 Å². The first-order valence-corrected chi connectivity index (χ1v) is 10.2. The highest BCUT2D eigenvalue weighted by molar-refractivity contribution is 7.99. The zero-order valence-corrected chi connectivity index (χ0v) is 17.7. The van der Waals surface area contributed by atoms with Gasteiger partial charge in [0.25, 0.3) is 5.95 Å². The molecule has 1 aromatic heterocycles. The minimum Gasteiger partial charge on any atom is -0.334 e. The van der Waals surface area contributed by atoms with Crippen molar-refractivity contribution < 1.29 is 4.79 Å². The third-order valence-corrected chi connectivity index (χ3v) is 5.32. The number of aromatic nitrogens is 3. The number of anilines is 2. The molecule has 1 heterocycles. The molecule has 1 amide bonds. The molecular formula is C17H14Cl3N7OS. The molecule has 0 saturated heterocycles. The summed E-state index contributed by atoms with van der Waals surface area (Å²) in [5.74, 6) is 5.88. The number of nitrogen functional groups attached to an aromatic ring is 1. The maximum atomic E-state index is 12.1. The smallest absolute Gasteiger partial charge is 0.264 e. The summed E-state index contributed by atoms with van der Waals surface area (Å²) >= 11 is 19.1. The minimum absolute atomic E-state index is 0.0427. The van der Waals surface area contributed by atoms with Crippen LogP contribution < -0.4 is 16.6 Å². The number of amides is 1. The second-order valence-electron chi connectivity index (χ2n) is 5.53. The lowest BCUT2D eigenvalue weighted by molar-refractivity contribution is -0.113. The number of rotatable bonds is 7. The molecule has 2 aromatic carbocycles. The van der Waals surface area contributed by atoms with Crippen molar-refractivity contribution in [2.75, 3.05) is 22.3 Å². The molecule has 150 valence electrons. The lowest BCUT2D eigenvalue weighted by Crippen LogP contribution is -2.17. The fourth-order valence-electron chi connectivity index (χ4n) is 2.10. The molecule has 0 unspecified atom stereocenters. The number of thioether (sulfide) groups is 1. The Morgan fingerprint density at radius 3 is 2.76 bits per heavy atom. The SMILES string of the molecule is Nn1c(N/N=C/c2ccccc2Cl)nnc1SCC(=O)Nc1cc(Cl)ccc1Cl. The van der Waals surface area contributed by atoms with E-state index in [1.165, 1.54) is 10.9 Å². The van der Waals surface area contributed by atoms with Crippen molar-refractivity contribution in [1.29, 1.82) is 0 Å².